The van der Waals surface area contributed by atoms with Crippen LogP contribution >= 0.6 is 0 Å². The fraction of sp³-hybridized carbons (Fsp3) is 0.346. The predicted octanol–water partition coefficient (Wildman–Crippen LogP) is 4.18. The Morgan fingerprint density at radius 3 is 2.28 bits per heavy atom. The Balaban J connectivity index is 1.35. The summed E-state index contributed by atoms with van der Waals surface area (Å²) < 4.78 is 5.99. The summed E-state index contributed by atoms with van der Waals surface area (Å²) in [5.41, 5.74) is 5.38. The molecule has 4 rings (SSSR count). The molecular formula is C26H30N4O2. The fourth-order valence-corrected chi connectivity index (χ4v) is 4.00. The first-order valence-electron chi connectivity index (χ1n) is 11.1. The van der Waals surface area contributed by atoms with Crippen molar-refractivity contribution in [3.05, 3.63) is 71.3 Å². The molecule has 32 heavy (non-hydrogen) atoms. The van der Waals surface area contributed by atoms with Crippen LogP contribution in [0, 0.1) is 20.8 Å². The summed E-state index contributed by atoms with van der Waals surface area (Å²) in [6, 6.07) is 18.1. The number of carbonyl (C=O) groups is 1. The molecule has 0 bridgehead atoms. The van der Waals surface area contributed by atoms with Gasteiger partial charge in [0.25, 0.3) is 5.91 Å². The number of anilines is 1. The summed E-state index contributed by atoms with van der Waals surface area (Å²) in [4.78, 5) is 17.0. The second-order valence-electron chi connectivity index (χ2n) is 8.36. The van der Waals surface area contributed by atoms with Gasteiger partial charge in [0.05, 0.1) is 5.69 Å². The van der Waals surface area contributed by atoms with E-state index in [0.717, 1.165) is 47.0 Å². The fourth-order valence-electron chi connectivity index (χ4n) is 4.00. The molecule has 0 radical (unpaired) electrons. The Kier molecular flexibility index (Phi) is 6.40. The third-order valence-electron chi connectivity index (χ3n) is 6.19. The van der Waals surface area contributed by atoms with Crippen LogP contribution < -0.4 is 9.64 Å². The van der Waals surface area contributed by atoms with E-state index in [2.05, 4.69) is 34.2 Å². The SMILES string of the molecule is Cc1ccccc1-c1ccc(N2CCN(C(=O)C(C)Oc3cccc(C)c3C)CC2)nn1. The smallest absolute Gasteiger partial charge is 0.263 e. The van der Waals surface area contributed by atoms with Crippen LogP contribution in [0.2, 0.25) is 0 Å². The second kappa shape index (κ2) is 9.39. The highest BCUT2D eigenvalue weighted by Crippen LogP contribution is 2.24. The summed E-state index contributed by atoms with van der Waals surface area (Å²) in [7, 11) is 0. The van der Waals surface area contributed by atoms with Crippen LogP contribution in [0.15, 0.2) is 54.6 Å². The van der Waals surface area contributed by atoms with E-state index in [1.165, 1.54) is 5.56 Å². The molecular weight excluding hydrogens is 400 g/mol. The van der Waals surface area contributed by atoms with Crippen LogP contribution in [0.1, 0.15) is 23.6 Å². The zero-order valence-corrected chi connectivity index (χ0v) is 19.2. The zero-order chi connectivity index (χ0) is 22.7. The van der Waals surface area contributed by atoms with E-state index >= 15 is 0 Å². The number of amides is 1. The normalized spacial score (nSPS) is 14.9. The summed E-state index contributed by atoms with van der Waals surface area (Å²) in [5.74, 6) is 1.63. The molecule has 3 aromatic rings. The number of piperazine rings is 1. The summed E-state index contributed by atoms with van der Waals surface area (Å²) >= 11 is 0. The predicted molar refractivity (Wildman–Crippen MR) is 127 cm³/mol. The summed E-state index contributed by atoms with van der Waals surface area (Å²) in [6.45, 7) is 10.7. The van der Waals surface area contributed by atoms with Gasteiger partial charge in [-0.05, 0) is 62.6 Å². The van der Waals surface area contributed by atoms with E-state index in [1.807, 2.05) is 68.1 Å². The lowest BCUT2D eigenvalue weighted by Crippen LogP contribution is -2.52. The maximum Gasteiger partial charge on any atom is 0.263 e. The van der Waals surface area contributed by atoms with Crippen molar-refractivity contribution in [2.24, 2.45) is 0 Å². The number of aromatic nitrogens is 2. The molecule has 1 aliphatic heterocycles. The first-order valence-corrected chi connectivity index (χ1v) is 11.1. The van der Waals surface area contributed by atoms with Crippen molar-refractivity contribution in [2.75, 3.05) is 31.1 Å². The quantitative estimate of drug-likeness (QED) is 0.608. The first-order chi connectivity index (χ1) is 15.4. The van der Waals surface area contributed by atoms with Crippen molar-refractivity contribution in [3.63, 3.8) is 0 Å². The third-order valence-corrected chi connectivity index (χ3v) is 6.19. The maximum absolute atomic E-state index is 12.9. The lowest BCUT2D eigenvalue weighted by Gasteiger charge is -2.36. The molecule has 1 amide bonds. The molecule has 0 aliphatic carbocycles. The molecule has 1 fully saturated rings. The van der Waals surface area contributed by atoms with E-state index < -0.39 is 6.10 Å². The molecule has 1 unspecified atom stereocenters. The number of hydrogen-bond donors (Lipinski definition) is 0. The molecule has 0 saturated carbocycles. The van der Waals surface area contributed by atoms with Gasteiger partial charge in [-0.15, -0.1) is 10.2 Å². The van der Waals surface area contributed by atoms with Crippen LogP contribution in [0.25, 0.3) is 11.3 Å². The summed E-state index contributed by atoms with van der Waals surface area (Å²) in [6.07, 6.45) is -0.518. The average molecular weight is 431 g/mol. The van der Waals surface area contributed by atoms with Gasteiger partial charge in [-0.25, -0.2) is 0 Å². The second-order valence-corrected chi connectivity index (χ2v) is 8.36. The van der Waals surface area contributed by atoms with E-state index in [9.17, 15) is 4.79 Å². The van der Waals surface area contributed by atoms with E-state index in [0.29, 0.717) is 13.1 Å². The van der Waals surface area contributed by atoms with Crippen LogP contribution in [-0.4, -0.2) is 53.3 Å². The van der Waals surface area contributed by atoms with Crippen LogP contribution in [0.3, 0.4) is 0 Å². The Bertz CT molecular complexity index is 1090. The van der Waals surface area contributed by atoms with Crippen LogP contribution in [0.5, 0.6) is 5.75 Å². The minimum absolute atomic E-state index is 0.0199. The number of aryl methyl sites for hydroxylation is 2. The highest BCUT2D eigenvalue weighted by Gasteiger charge is 2.27. The first kappa shape index (κ1) is 21.8. The molecule has 6 heteroatoms. The van der Waals surface area contributed by atoms with Gasteiger partial charge in [-0.3, -0.25) is 4.79 Å². The molecule has 166 valence electrons. The maximum atomic E-state index is 12.9. The minimum Gasteiger partial charge on any atom is -0.481 e. The van der Waals surface area contributed by atoms with E-state index in [4.69, 9.17) is 4.74 Å². The largest absolute Gasteiger partial charge is 0.481 e. The van der Waals surface area contributed by atoms with Crippen molar-refractivity contribution in [3.8, 4) is 17.0 Å². The molecule has 2 heterocycles. The molecule has 0 spiro atoms. The van der Waals surface area contributed by atoms with Gasteiger partial charge in [-0.2, -0.15) is 0 Å². The molecule has 1 aromatic heterocycles. The van der Waals surface area contributed by atoms with Gasteiger partial charge in [0.2, 0.25) is 0 Å². The number of carbonyl (C=O) groups excluding carboxylic acids is 1. The molecule has 6 nitrogen and oxygen atoms in total. The van der Waals surface area contributed by atoms with Gasteiger partial charge < -0.3 is 14.5 Å². The zero-order valence-electron chi connectivity index (χ0n) is 19.2. The van der Waals surface area contributed by atoms with Gasteiger partial charge in [0, 0.05) is 31.7 Å². The van der Waals surface area contributed by atoms with Crippen molar-refractivity contribution < 1.29 is 9.53 Å². The van der Waals surface area contributed by atoms with Crippen molar-refractivity contribution >= 4 is 11.7 Å². The van der Waals surface area contributed by atoms with Gasteiger partial charge in [-0.1, -0.05) is 36.4 Å². The number of ether oxygens (including phenoxy) is 1. The average Bonchev–Trinajstić information content (AvgIpc) is 2.82. The lowest BCUT2D eigenvalue weighted by atomic mass is 10.1. The van der Waals surface area contributed by atoms with E-state index in [-0.39, 0.29) is 5.91 Å². The van der Waals surface area contributed by atoms with Gasteiger partial charge in [0.1, 0.15) is 5.75 Å². The van der Waals surface area contributed by atoms with Crippen molar-refractivity contribution in [1.82, 2.24) is 15.1 Å². The number of rotatable bonds is 5. The Morgan fingerprint density at radius 2 is 1.59 bits per heavy atom. The Hall–Kier alpha value is -3.41. The molecule has 1 aliphatic rings. The van der Waals surface area contributed by atoms with Crippen molar-refractivity contribution in [1.29, 1.82) is 0 Å². The van der Waals surface area contributed by atoms with Crippen LogP contribution in [0.4, 0.5) is 5.82 Å². The highest BCUT2D eigenvalue weighted by molar-refractivity contribution is 5.81. The lowest BCUT2D eigenvalue weighted by molar-refractivity contribution is -0.138. The van der Waals surface area contributed by atoms with Crippen LogP contribution in [-0.2, 0) is 4.79 Å². The third kappa shape index (κ3) is 4.59. The monoisotopic (exact) mass is 430 g/mol. The molecule has 1 saturated heterocycles. The molecule has 0 N–H and O–H groups in total. The highest BCUT2D eigenvalue weighted by atomic mass is 16.5. The van der Waals surface area contributed by atoms with E-state index in [1.54, 1.807) is 0 Å². The number of benzene rings is 2. The Labute approximate surface area is 189 Å². The van der Waals surface area contributed by atoms with Gasteiger partial charge >= 0.3 is 0 Å². The number of nitrogens with zero attached hydrogens (tertiary/aromatic N) is 4. The topological polar surface area (TPSA) is 58.6 Å². The van der Waals surface area contributed by atoms with Crippen molar-refractivity contribution in [2.45, 2.75) is 33.8 Å². The standard InChI is InChI=1S/C26H30N4O2/c1-18-9-7-11-24(20(18)3)32-21(4)26(31)30-16-14-29(15-17-30)25-13-12-23(27-28-25)22-10-6-5-8-19(22)2/h5-13,21H,14-17H2,1-4H3. The summed E-state index contributed by atoms with van der Waals surface area (Å²) in [5, 5.41) is 8.88. The minimum atomic E-state index is -0.518. The Morgan fingerprint density at radius 1 is 0.875 bits per heavy atom. The molecule has 2 aromatic carbocycles. The molecule has 1 atom stereocenters. The van der Waals surface area contributed by atoms with Gasteiger partial charge in [0.15, 0.2) is 11.9 Å². The number of hydrogen-bond acceptors (Lipinski definition) is 5.